The number of halogens is 3. The Balaban J connectivity index is 1.53. The van der Waals surface area contributed by atoms with Crippen LogP contribution in [0, 0.1) is 17.5 Å². The number of hydrazine groups is 1. The van der Waals surface area contributed by atoms with Gasteiger partial charge in [0.1, 0.15) is 12.3 Å². The summed E-state index contributed by atoms with van der Waals surface area (Å²) < 4.78 is 47.7. The molecular formula is C24H16F3N5O2. The summed E-state index contributed by atoms with van der Waals surface area (Å²) in [5, 5.41) is 4.79. The number of furan rings is 1. The molecule has 7 nitrogen and oxygen atoms in total. The Morgan fingerprint density at radius 3 is 2.59 bits per heavy atom. The fraction of sp³-hybridized carbons (Fsp3) is 0.0417. The van der Waals surface area contributed by atoms with Gasteiger partial charge in [-0.1, -0.05) is 30.3 Å². The first-order valence-corrected chi connectivity index (χ1v) is 10.2. The second kappa shape index (κ2) is 8.74. The molecule has 0 unspecified atom stereocenters. The molecule has 2 aromatic carbocycles. The Labute approximate surface area is 190 Å². The molecule has 0 saturated heterocycles. The van der Waals surface area contributed by atoms with Crippen molar-refractivity contribution < 1.29 is 22.4 Å². The second-order valence-electron chi connectivity index (χ2n) is 7.34. The summed E-state index contributed by atoms with van der Waals surface area (Å²) in [5.41, 5.74) is 6.12. The molecule has 0 radical (unpaired) electrons. The van der Waals surface area contributed by atoms with E-state index in [0.29, 0.717) is 29.0 Å². The highest BCUT2D eigenvalue weighted by molar-refractivity contribution is 6.06. The zero-order valence-electron chi connectivity index (χ0n) is 17.4. The van der Waals surface area contributed by atoms with Crippen LogP contribution in [0.2, 0.25) is 0 Å². The maximum Gasteiger partial charge on any atom is 0.270 e. The van der Waals surface area contributed by atoms with Gasteiger partial charge in [0.15, 0.2) is 23.1 Å². The molecule has 0 aliphatic rings. The normalized spacial score (nSPS) is 11.0. The lowest BCUT2D eigenvalue weighted by Crippen LogP contribution is -2.30. The van der Waals surface area contributed by atoms with Gasteiger partial charge in [0, 0.05) is 5.56 Å². The Bertz CT molecular complexity index is 1480. The van der Waals surface area contributed by atoms with Gasteiger partial charge in [-0.05, 0) is 30.3 Å². The van der Waals surface area contributed by atoms with Crippen molar-refractivity contribution in [3.05, 3.63) is 102 Å². The van der Waals surface area contributed by atoms with Crippen molar-refractivity contribution in [3.63, 3.8) is 0 Å². The van der Waals surface area contributed by atoms with Gasteiger partial charge in [-0.25, -0.2) is 22.8 Å². The zero-order valence-corrected chi connectivity index (χ0v) is 17.4. The number of hydrogen-bond acceptors (Lipinski definition) is 5. The summed E-state index contributed by atoms with van der Waals surface area (Å²) in [5.74, 6) is -4.42. The number of nitrogens with zero attached hydrogens (tertiary/aromatic N) is 3. The average Bonchev–Trinajstić information content (AvgIpc) is 3.52. The maximum atomic E-state index is 14.0. The number of hydrogen-bond donors (Lipinski definition) is 2. The van der Waals surface area contributed by atoms with Crippen molar-refractivity contribution in [2.45, 2.75) is 6.54 Å². The number of rotatable bonds is 6. The predicted molar refractivity (Wildman–Crippen MR) is 118 cm³/mol. The molecular weight excluding hydrogens is 447 g/mol. The number of amides is 1. The number of anilines is 1. The van der Waals surface area contributed by atoms with Crippen molar-refractivity contribution in [3.8, 4) is 11.3 Å². The molecule has 1 amide bonds. The molecule has 0 aliphatic heterocycles. The molecule has 0 atom stereocenters. The van der Waals surface area contributed by atoms with Gasteiger partial charge < -0.3 is 4.42 Å². The van der Waals surface area contributed by atoms with Crippen molar-refractivity contribution >= 4 is 22.6 Å². The van der Waals surface area contributed by atoms with Gasteiger partial charge in [0.2, 0.25) is 0 Å². The predicted octanol–water partition coefficient (Wildman–Crippen LogP) is 4.91. The molecule has 0 fully saturated rings. The van der Waals surface area contributed by atoms with E-state index < -0.39 is 29.0 Å². The summed E-state index contributed by atoms with van der Waals surface area (Å²) in [4.78, 5) is 17.7. The highest BCUT2D eigenvalue weighted by atomic mass is 19.2. The van der Waals surface area contributed by atoms with Crippen LogP contribution in [0.1, 0.15) is 16.1 Å². The van der Waals surface area contributed by atoms with Crippen LogP contribution in [0.5, 0.6) is 0 Å². The van der Waals surface area contributed by atoms with Crippen molar-refractivity contribution in [2.24, 2.45) is 0 Å². The highest BCUT2D eigenvalue weighted by Crippen LogP contribution is 2.26. The molecule has 0 bridgehead atoms. The summed E-state index contributed by atoms with van der Waals surface area (Å²) in [6.07, 6.45) is 3.04. The van der Waals surface area contributed by atoms with Crippen LogP contribution in [0.15, 0.2) is 77.5 Å². The van der Waals surface area contributed by atoms with Gasteiger partial charge >= 0.3 is 0 Å². The van der Waals surface area contributed by atoms with E-state index in [2.05, 4.69) is 20.9 Å². The van der Waals surface area contributed by atoms with Gasteiger partial charge in [-0.15, -0.1) is 0 Å². The van der Waals surface area contributed by atoms with E-state index in [1.54, 1.807) is 29.1 Å². The van der Waals surface area contributed by atoms with E-state index in [-0.39, 0.29) is 5.56 Å². The fourth-order valence-electron chi connectivity index (χ4n) is 3.47. The van der Waals surface area contributed by atoms with Gasteiger partial charge in [-0.2, -0.15) is 5.10 Å². The molecule has 0 saturated carbocycles. The smallest absolute Gasteiger partial charge is 0.270 e. The van der Waals surface area contributed by atoms with Crippen LogP contribution in [0.4, 0.5) is 18.9 Å². The van der Waals surface area contributed by atoms with Gasteiger partial charge in [0.25, 0.3) is 5.91 Å². The van der Waals surface area contributed by atoms with E-state index in [0.717, 1.165) is 17.7 Å². The molecule has 0 spiro atoms. The second-order valence-corrected chi connectivity index (χ2v) is 7.34. The van der Waals surface area contributed by atoms with Gasteiger partial charge in [0.05, 0.1) is 34.8 Å². The molecule has 34 heavy (non-hydrogen) atoms. The van der Waals surface area contributed by atoms with Crippen LogP contribution < -0.4 is 10.9 Å². The quantitative estimate of drug-likeness (QED) is 0.276. The minimum absolute atomic E-state index is 0.199. The molecule has 5 aromatic rings. The lowest BCUT2D eigenvalue weighted by molar-refractivity contribution is 0.0964. The Morgan fingerprint density at radius 2 is 1.82 bits per heavy atom. The third-order valence-corrected chi connectivity index (χ3v) is 5.15. The summed E-state index contributed by atoms with van der Waals surface area (Å²) in [6.45, 7) is 0.293. The monoisotopic (exact) mass is 463 g/mol. The maximum absolute atomic E-state index is 14.0. The molecule has 3 aromatic heterocycles. The van der Waals surface area contributed by atoms with Crippen LogP contribution in [-0.2, 0) is 6.54 Å². The van der Waals surface area contributed by atoms with E-state index in [1.165, 1.54) is 6.20 Å². The number of pyridine rings is 1. The SMILES string of the molecule is O=C(NNc1ccc(F)c(F)c1F)c1cc(-c2ccccc2)nc2c1cnn2Cc1ccco1. The highest BCUT2D eigenvalue weighted by Gasteiger charge is 2.19. The van der Waals surface area contributed by atoms with E-state index in [9.17, 15) is 18.0 Å². The third-order valence-electron chi connectivity index (χ3n) is 5.15. The van der Waals surface area contributed by atoms with E-state index in [1.807, 2.05) is 30.3 Å². The summed E-state index contributed by atoms with van der Waals surface area (Å²) in [6, 6.07) is 16.1. The zero-order chi connectivity index (χ0) is 23.7. The topological polar surface area (TPSA) is 85.0 Å². The standard InChI is InChI=1S/C24H16F3N5O2/c25-18-8-9-19(22(27)21(18)26)30-31-24(33)16-11-20(14-5-2-1-3-6-14)29-23-17(16)12-28-32(23)13-15-7-4-10-34-15/h1-12,30H,13H2,(H,31,33). The number of carbonyl (C=O) groups is 1. The average molecular weight is 463 g/mol. The number of fused-ring (bicyclic) bond motifs is 1. The third kappa shape index (κ3) is 3.96. The first-order valence-electron chi connectivity index (χ1n) is 10.2. The minimum atomic E-state index is -1.64. The first kappa shape index (κ1) is 21.3. The molecule has 0 aliphatic carbocycles. The Kier molecular flexibility index (Phi) is 5.46. The molecule has 3 heterocycles. The number of aromatic nitrogens is 3. The molecule has 2 N–H and O–H groups in total. The number of carbonyl (C=O) groups excluding carboxylic acids is 1. The fourth-order valence-corrected chi connectivity index (χ4v) is 3.47. The molecule has 5 rings (SSSR count). The van der Waals surface area contributed by atoms with Crippen molar-refractivity contribution in [2.75, 3.05) is 5.43 Å². The van der Waals surface area contributed by atoms with Crippen molar-refractivity contribution in [1.82, 2.24) is 20.2 Å². The van der Waals surface area contributed by atoms with E-state index >= 15 is 0 Å². The lowest BCUT2D eigenvalue weighted by Gasteiger charge is -2.12. The largest absolute Gasteiger partial charge is 0.467 e. The Hall–Kier alpha value is -4.60. The molecule has 10 heteroatoms. The van der Waals surface area contributed by atoms with Crippen LogP contribution in [-0.4, -0.2) is 20.7 Å². The number of nitrogens with one attached hydrogen (secondary N) is 2. The van der Waals surface area contributed by atoms with E-state index in [4.69, 9.17) is 4.42 Å². The lowest BCUT2D eigenvalue weighted by atomic mass is 10.1. The van der Waals surface area contributed by atoms with Crippen LogP contribution >= 0.6 is 0 Å². The Morgan fingerprint density at radius 1 is 1.00 bits per heavy atom. The first-order chi connectivity index (χ1) is 16.5. The summed E-state index contributed by atoms with van der Waals surface area (Å²) >= 11 is 0. The molecule has 170 valence electrons. The van der Waals surface area contributed by atoms with Crippen LogP contribution in [0.25, 0.3) is 22.3 Å². The minimum Gasteiger partial charge on any atom is -0.467 e. The number of benzene rings is 2. The summed E-state index contributed by atoms with van der Waals surface area (Å²) in [7, 11) is 0. The van der Waals surface area contributed by atoms with Gasteiger partial charge in [-0.3, -0.25) is 15.6 Å². The van der Waals surface area contributed by atoms with Crippen LogP contribution in [0.3, 0.4) is 0 Å². The van der Waals surface area contributed by atoms with Crippen molar-refractivity contribution in [1.29, 1.82) is 0 Å².